The standard InChI is InChI=1S/C19H24N2O3/c1-11(9-16-12(2)21-24-14(16)4)20-13(3)18-10-15-7-6-8-17(22-5)19(15)23-18/h6-8,10-11,13,20H,9H2,1-5H3. The highest BCUT2D eigenvalue weighted by Crippen LogP contribution is 2.31. The molecule has 128 valence electrons. The number of hydrogen-bond donors (Lipinski definition) is 1. The van der Waals surface area contributed by atoms with Crippen molar-refractivity contribution in [1.29, 1.82) is 0 Å². The van der Waals surface area contributed by atoms with E-state index in [-0.39, 0.29) is 12.1 Å². The fraction of sp³-hybridized carbons (Fsp3) is 0.421. The second-order valence-electron chi connectivity index (χ2n) is 6.32. The second kappa shape index (κ2) is 6.69. The average Bonchev–Trinajstić information content (AvgIpc) is 3.13. The van der Waals surface area contributed by atoms with Gasteiger partial charge >= 0.3 is 0 Å². The largest absolute Gasteiger partial charge is 0.493 e. The van der Waals surface area contributed by atoms with Crippen LogP contribution < -0.4 is 10.1 Å². The van der Waals surface area contributed by atoms with Crippen molar-refractivity contribution in [2.24, 2.45) is 0 Å². The van der Waals surface area contributed by atoms with Crippen LogP contribution in [0.15, 0.2) is 33.2 Å². The molecule has 24 heavy (non-hydrogen) atoms. The summed E-state index contributed by atoms with van der Waals surface area (Å²) >= 11 is 0. The van der Waals surface area contributed by atoms with E-state index < -0.39 is 0 Å². The maximum absolute atomic E-state index is 6.02. The number of nitrogens with one attached hydrogen (secondary N) is 1. The summed E-state index contributed by atoms with van der Waals surface area (Å²) in [6, 6.07) is 8.35. The van der Waals surface area contributed by atoms with E-state index in [1.165, 1.54) is 5.56 Å². The summed E-state index contributed by atoms with van der Waals surface area (Å²) in [5.74, 6) is 2.55. The van der Waals surface area contributed by atoms with E-state index in [1.54, 1.807) is 7.11 Å². The summed E-state index contributed by atoms with van der Waals surface area (Å²) in [4.78, 5) is 0. The Labute approximate surface area is 142 Å². The number of nitrogens with zero attached hydrogens (tertiary/aromatic N) is 1. The Kier molecular flexibility index (Phi) is 4.62. The third kappa shape index (κ3) is 3.17. The fourth-order valence-corrected chi connectivity index (χ4v) is 3.10. The number of furan rings is 1. The number of ether oxygens (including phenoxy) is 1. The summed E-state index contributed by atoms with van der Waals surface area (Å²) in [6.45, 7) is 8.20. The highest BCUT2D eigenvalue weighted by molar-refractivity contribution is 5.83. The first-order valence-corrected chi connectivity index (χ1v) is 8.23. The number of aryl methyl sites for hydroxylation is 2. The molecule has 2 heterocycles. The summed E-state index contributed by atoms with van der Waals surface area (Å²) in [5, 5.41) is 8.65. The molecule has 0 fully saturated rings. The van der Waals surface area contributed by atoms with Gasteiger partial charge in [0, 0.05) is 17.0 Å². The van der Waals surface area contributed by atoms with Gasteiger partial charge in [0.1, 0.15) is 11.5 Å². The molecule has 1 N–H and O–H groups in total. The van der Waals surface area contributed by atoms with Gasteiger partial charge in [-0.3, -0.25) is 0 Å². The molecule has 0 aliphatic rings. The Bertz CT molecular complexity index is 815. The van der Waals surface area contributed by atoms with Crippen LogP contribution in [-0.2, 0) is 6.42 Å². The van der Waals surface area contributed by atoms with Crippen LogP contribution in [0.4, 0.5) is 0 Å². The first-order valence-electron chi connectivity index (χ1n) is 8.23. The molecule has 0 aliphatic carbocycles. The number of fused-ring (bicyclic) bond motifs is 1. The van der Waals surface area contributed by atoms with Crippen molar-refractivity contribution in [3.8, 4) is 5.75 Å². The molecule has 0 amide bonds. The van der Waals surface area contributed by atoms with Gasteiger partial charge in [0.15, 0.2) is 11.3 Å². The molecule has 3 rings (SSSR count). The molecular weight excluding hydrogens is 304 g/mol. The molecule has 0 saturated heterocycles. The number of para-hydroxylation sites is 1. The van der Waals surface area contributed by atoms with Crippen LogP contribution in [0, 0.1) is 13.8 Å². The topological polar surface area (TPSA) is 60.4 Å². The van der Waals surface area contributed by atoms with Crippen molar-refractivity contribution in [3.05, 3.63) is 47.0 Å². The van der Waals surface area contributed by atoms with Gasteiger partial charge in [0.25, 0.3) is 0 Å². The Morgan fingerprint density at radius 2 is 2.04 bits per heavy atom. The first-order chi connectivity index (χ1) is 11.5. The minimum Gasteiger partial charge on any atom is -0.493 e. The molecule has 5 nitrogen and oxygen atoms in total. The highest BCUT2D eigenvalue weighted by atomic mass is 16.5. The summed E-state index contributed by atoms with van der Waals surface area (Å²) < 4.78 is 16.6. The van der Waals surface area contributed by atoms with Crippen molar-refractivity contribution in [3.63, 3.8) is 0 Å². The highest BCUT2D eigenvalue weighted by Gasteiger charge is 2.18. The predicted molar refractivity (Wildman–Crippen MR) is 93.5 cm³/mol. The smallest absolute Gasteiger partial charge is 0.176 e. The summed E-state index contributed by atoms with van der Waals surface area (Å²) in [6.07, 6.45) is 0.870. The lowest BCUT2D eigenvalue weighted by Gasteiger charge is -2.18. The summed E-state index contributed by atoms with van der Waals surface area (Å²) in [7, 11) is 1.66. The Morgan fingerprint density at radius 1 is 1.25 bits per heavy atom. The second-order valence-corrected chi connectivity index (χ2v) is 6.32. The number of hydrogen-bond acceptors (Lipinski definition) is 5. The van der Waals surface area contributed by atoms with Gasteiger partial charge in [-0.25, -0.2) is 0 Å². The van der Waals surface area contributed by atoms with Gasteiger partial charge in [-0.2, -0.15) is 0 Å². The van der Waals surface area contributed by atoms with E-state index in [0.717, 1.165) is 40.4 Å². The Morgan fingerprint density at radius 3 is 2.71 bits per heavy atom. The first kappa shape index (κ1) is 16.6. The average molecular weight is 328 g/mol. The lowest BCUT2D eigenvalue weighted by Crippen LogP contribution is -2.30. The lowest BCUT2D eigenvalue weighted by molar-refractivity contribution is 0.384. The Balaban J connectivity index is 1.73. The zero-order valence-corrected chi connectivity index (χ0v) is 14.8. The van der Waals surface area contributed by atoms with E-state index in [9.17, 15) is 0 Å². The predicted octanol–water partition coefficient (Wildman–Crippen LogP) is 4.33. The van der Waals surface area contributed by atoms with Gasteiger partial charge in [-0.05, 0) is 46.2 Å². The van der Waals surface area contributed by atoms with E-state index in [4.69, 9.17) is 13.7 Å². The maximum atomic E-state index is 6.02. The molecule has 0 bridgehead atoms. The molecular formula is C19H24N2O3. The third-order valence-corrected chi connectivity index (χ3v) is 4.40. The number of rotatable bonds is 6. The minimum absolute atomic E-state index is 0.0950. The normalized spacial score (nSPS) is 14.0. The number of aromatic nitrogens is 1. The van der Waals surface area contributed by atoms with E-state index in [1.807, 2.05) is 32.0 Å². The lowest BCUT2D eigenvalue weighted by atomic mass is 10.0. The molecule has 5 heteroatoms. The minimum atomic E-state index is 0.0950. The van der Waals surface area contributed by atoms with Crippen LogP contribution in [-0.4, -0.2) is 18.3 Å². The van der Waals surface area contributed by atoms with Crippen molar-refractivity contribution < 1.29 is 13.7 Å². The van der Waals surface area contributed by atoms with Crippen LogP contribution in [0.25, 0.3) is 11.0 Å². The van der Waals surface area contributed by atoms with Crippen LogP contribution in [0.5, 0.6) is 5.75 Å². The SMILES string of the molecule is COc1cccc2cc(C(C)NC(C)Cc3c(C)noc3C)oc12. The molecule has 0 radical (unpaired) electrons. The van der Waals surface area contributed by atoms with Gasteiger partial charge in [-0.1, -0.05) is 17.3 Å². The van der Waals surface area contributed by atoms with Crippen molar-refractivity contribution >= 4 is 11.0 Å². The molecule has 0 spiro atoms. The molecule has 2 atom stereocenters. The zero-order chi connectivity index (χ0) is 17.3. The molecule has 3 aromatic rings. The van der Waals surface area contributed by atoms with Gasteiger partial charge in [0.2, 0.25) is 0 Å². The van der Waals surface area contributed by atoms with Gasteiger partial charge in [-0.15, -0.1) is 0 Å². The van der Waals surface area contributed by atoms with Crippen LogP contribution in [0.1, 0.15) is 42.7 Å². The van der Waals surface area contributed by atoms with Gasteiger partial charge < -0.3 is 19.0 Å². The third-order valence-electron chi connectivity index (χ3n) is 4.40. The van der Waals surface area contributed by atoms with Crippen molar-refractivity contribution in [2.75, 3.05) is 7.11 Å². The maximum Gasteiger partial charge on any atom is 0.176 e. The molecule has 2 unspecified atom stereocenters. The zero-order valence-electron chi connectivity index (χ0n) is 14.8. The molecule has 0 aliphatic heterocycles. The van der Waals surface area contributed by atoms with Crippen LogP contribution >= 0.6 is 0 Å². The fourth-order valence-electron chi connectivity index (χ4n) is 3.10. The van der Waals surface area contributed by atoms with E-state index in [2.05, 4.69) is 30.4 Å². The van der Waals surface area contributed by atoms with Crippen LogP contribution in [0.3, 0.4) is 0 Å². The van der Waals surface area contributed by atoms with E-state index >= 15 is 0 Å². The molecule has 1 aromatic carbocycles. The molecule has 0 saturated carbocycles. The van der Waals surface area contributed by atoms with E-state index in [0.29, 0.717) is 0 Å². The monoisotopic (exact) mass is 328 g/mol. The quantitative estimate of drug-likeness (QED) is 0.730. The Hall–Kier alpha value is -2.27. The molecule has 2 aromatic heterocycles. The number of methoxy groups -OCH3 is 1. The van der Waals surface area contributed by atoms with Crippen molar-refractivity contribution in [2.45, 2.75) is 46.2 Å². The van der Waals surface area contributed by atoms with Gasteiger partial charge in [0.05, 0.1) is 18.8 Å². The summed E-state index contributed by atoms with van der Waals surface area (Å²) in [5.41, 5.74) is 2.93. The van der Waals surface area contributed by atoms with Crippen LogP contribution in [0.2, 0.25) is 0 Å². The van der Waals surface area contributed by atoms with Crippen molar-refractivity contribution in [1.82, 2.24) is 10.5 Å². The number of benzene rings is 1.